The zero-order valence-electron chi connectivity index (χ0n) is 16.8. The Morgan fingerprint density at radius 2 is 2.00 bits per heavy atom. The van der Waals surface area contributed by atoms with E-state index in [-0.39, 0.29) is 11.7 Å². The van der Waals surface area contributed by atoms with Crippen LogP contribution >= 0.6 is 11.8 Å². The van der Waals surface area contributed by atoms with Crippen molar-refractivity contribution in [2.45, 2.75) is 11.6 Å². The number of nitrogens with one attached hydrogen (secondary N) is 1. The van der Waals surface area contributed by atoms with Crippen LogP contribution in [0, 0.1) is 0 Å². The summed E-state index contributed by atoms with van der Waals surface area (Å²) in [4.78, 5) is 12.3. The largest absolute Gasteiger partial charge is 0.497 e. The molecule has 8 nitrogen and oxygen atoms in total. The Balaban J connectivity index is 1.42. The summed E-state index contributed by atoms with van der Waals surface area (Å²) in [6.07, 6.45) is 0.854. The number of methoxy groups -OCH3 is 1. The Morgan fingerprint density at radius 3 is 2.83 bits per heavy atom. The second-order valence-corrected chi connectivity index (χ2v) is 7.59. The number of ether oxygens (including phenoxy) is 3. The molecule has 1 aliphatic heterocycles. The summed E-state index contributed by atoms with van der Waals surface area (Å²) in [5, 5.41) is 12.0. The van der Waals surface area contributed by atoms with Gasteiger partial charge in [-0.05, 0) is 30.3 Å². The van der Waals surface area contributed by atoms with Crippen LogP contribution in [-0.2, 0) is 11.8 Å². The fourth-order valence-corrected chi connectivity index (χ4v) is 3.73. The summed E-state index contributed by atoms with van der Waals surface area (Å²) >= 11 is 1.32. The van der Waals surface area contributed by atoms with Crippen LogP contribution in [0.4, 0.5) is 5.69 Å². The molecule has 156 valence electrons. The first-order chi connectivity index (χ1) is 14.6. The molecule has 2 aromatic carbocycles. The summed E-state index contributed by atoms with van der Waals surface area (Å²) in [5.41, 5.74) is 1.56. The van der Waals surface area contributed by atoms with E-state index >= 15 is 0 Å². The standard InChI is InChI=1S/C21H22N4O4S/c1-25-20(14-7-8-17-18(11-14)29-10-4-9-28-17)23-24-21(25)30-13-19(26)22-15-5-3-6-16(12-15)27-2/h3,5-8,11-12H,4,9-10,13H2,1-2H3,(H,22,26). The van der Waals surface area contributed by atoms with Crippen LogP contribution in [0.1, 0.15) is 6.42 Å². The average Bonchev–Trinajstić information content (AvgIpc) is 2.97. The minimum atomic E-state index is -0.131. The third-order valence-electron chi connectivity index (χ3n) is 4.53. The second kappa shape index (κ2) is 9.08. The second-order valence-electron chi connectivity index (χ2n) is 6.65. The molecule has 0 atom stereocenters. The average molecular weight is 426 g/mol. The van der Waals surface area contributed by atoms with E-state index in [0.717, 1.165) is 17.7 Å². The van der Waals surface area contributed by atoms with Crippen LogP contribution in [0.2, 0.25) is 0 Å². The number of anilines is 1. The van der Waals surface area contributed by atoms with Gasteiger partial charge in [0, 0.05) is 30.8 Å². The number of hydrogen-bond donors (Lipinski definition) is 1. The monoisotopic (exact) mass is 426 g/mol. The molecule has 0 saturated heterocycles. The summed E-state index contributed by atoms with van der Waals surface area (Å²) in [6, 6.07) is 13.0. The minimum absolute atomic E-state index is 0.131. The molecule has 2 heterocycles. The number of benzene rings is 2. The third-order valence-corrected chi connectivity index (χ3v) is 5.55. The molecule has 1 aliphatic rings. The van der Waals surface area contributed by atoms with Crippen LogP contribution in [0.15, 0.2) is 47.6 Å². The summed E-state index contributed by atoms with van der Waals surface area (Å²) in [5.74, 6) is 2.91. The summed E-state index contributed by atoms with van der Waals surface area (Å²) in [7, 11) is 3.46. The molecule has 3 aromatic rings. The van der Waals surface area contributed by atoms with Crippen molar-refractivity contribution >= 4 is 23.4 Å². The Hall–Kier alpha value is -3.20. The predicted octanol–water partition coefficient (Wildman–Crippen LogP) is 3.38. The number of hydrogen-bond acceptors (Lipinski definition) is 7. The molecule has 1 aromatic heterocycles. The van der Waals surface area contributed by atoms with Crippen molar-refractivity contribution in [2.24, 2.45) is 7.05 Å². The number of carbonyl (C=O) groups excluding carboxylic acids is 1. The van der Waals surface area contributed by atoms with Crippen molar-refractivity contribution in [3.8, 4) is 28.6 Å². The normalized spacial score (nSPS) is 12.9. The van der Waals surface area contributed by atoms with Crippen molar-refractivity contribution in [3.05, 3.63) is 42.5 Å². The Kier molecular flexibility index (Phi) is 6.08. The van der Waals surface area contributed by atoms with E-state index < -0.39 is 0 Å². The van der Waals surface area contributed by atoms with Gasteiger partial charge in [0.05, 0.1) is 26.1 Å². The van der Waals surface area contributed by atoms with Gasteiger partial charge in [-0.25, -0.2) is 0 Å². The highest BCUT2D eigenvalue weighted by Crippen LogP contribution is 2.34. The number of fused-ring (bicyclic) bond motifs is 1. The molecule has 1 N–H and O–H groups in total. The third kappa shape index (κ3) is 4.51. The van der Waals surface area contributed by atoms with E-state index in [1.165, 1.54) is 11.8 Å². The molecule has 30 heavy (non-hydrogen) atoms. The van der Waals surface area contributed by atoms with Gasteiger partial charge in [-0.2, -0.15) is 0 Å². The van der Waals surface area contributed by atoms with E-state index in [1.54, 1.807) is 13.2 Å². The van der Waals surface area contributed by atoms with E-state index in [1.807, 2.05) is 48.0 Å². The highest BCUT2D eigenvalue weighted by molar-refractivity contribution is 7.99. The lowest BCUT2D eigenvalue weighted by molar-refractivity contribution is -0.113. The maximum Gasteiger partial charge on any atom is 0.234 e. The molecular weight excluding hydrogens is 404 g/mol. The van der Waals surface area contributed by atoms with Gasteiger partial charge in [-0.1, -0.05) is 17.8 Å². The van der Waals surface area contributed by atoms with E-state index in [0.29, 0.717) is 41.4 Å². The lowest BCUT2D eigenvalue weighted by Crippen LogP contribution is -2.14. The molecule has 0 bridgehead atoms. The molecule has 0 spiro atoms. The predicted molar refractivity (Wildman–Crippen MR) is 114 cm³/mol. The van der Waals surface area contributed by atoms with E-state index in [4.69, 9.17) is 14.2 Å². The maximum absolute atomic E-state index is 12.3. The van der Waals surface area contributed by atoms with Crippen molar-refractivity contribution in [1.82, 2.24) is 14.8 Å². The van der Waals surface area contributed by atoms with Crippen molar-refractivity contribution in [3.63, 3.8) is 0 Å². The van der Waals surface area contributed by atoms with Gasteiger partial charge < -0.3 is 24.1 Å². The summed E-state index contributed by atoms with van der Waals surface area (Å²) < 4.78 is 18.5. The zero-order chi connectivity index (χ0) is 20.9. The van der Waals surface area contributed by atoms with Crippen LogP contribution in [0.25, 0.3) is 11.4 Å². The zero-order valence-corrected chi connectivity index (χ0v) is 17.6. The number of rotatable bonds is 6. The minimum Gasteiger partial charge on any atom is -0.497 e. The SMILES string of the molecule is COc1cccc(NC(=O)CSc2nnc(-c3ccc4c(c3)OCCCO4)n2C)c1. The topological polar surface area (TPSA) is 87.5 Å². The Bertz CT molecular complexity index is 1050. The van der Waals surface area contributed by atoms with E-state index in [9.17, 15) is 4.79 Å². The summed E-state index contributed by atoms with van der Waals surface area (Å²) in [6.45, 7) is 1.27. The van der Waals surface area contributed by atoms with Gasteiger partial charge >= 0.3 is 0 Å². The molecule has 0 radical (unpaired) electrons. The van der Waals surface area contributed by atoms with Gasteiger partial charge in [-0.15, -0.1) is 10.2 Å². The molecule has 9 heteroatoms. The molecule has 4 rings (SSSR count). The number of aromatic nitrogens is 3. The van der Waals surface area contributed by atoms with Gasteiger partial charge in [-0.3, -0.25) is 4.79 Å². The molecule has 0 fully saturated rings. The number of thioether (sulfide) groups is 1. The Labute approximate surface area is 178 Å². The first-order valence-electron chi connectivity index (χ1n) is 9.50. The molecule has 0 saturated carbocycles. The lowest BCUT2D eigenvalue weighted by atomic mass is 10.2. The maximum atomic E-state index is 12.3. The van der Waals surface area contributed by atoms with Crippen LogP contribution in [-0.4, -0.2) is 46.7 Å². The fourth-order valence-electron chi connectivity index (χ4n) is 3.02. The van der Waals surface area contributed by atoms with Crippen molar-refractivity contribution < 1.29 is 19.0 Å². The van der Waals surface area contributed by atoms with E-state index in [2.05, 4.69) is 15.5 Å². The van der Waals surface area contributed by atoms with Gasteiger partial charge in [0.15, 0.2) is 22.5 Å². The molecular formula is C21H22N4O4S. The first-order valence-corrected chi connectivity index (χ1v) is 10.5. The van der Waals surface area contributed by atoms with Gasteiger partial charge in [0.1, 0.15) is 5.75 Å². The van der Waals surface area contributed by atoms with Crippen LogP contribution < -0.4 is 19.5 Å². The quantitative estimate of drug-likeness (QED) is 0.605. The smallest absolute Gasteiger partial charge is 0.234 e. The first kappa shape index (κ1) is 20.1. The van der Waals surface area contributed by atoms with Gasteiger partial charge in [0.25, 0.3) is 0 Å². The van der Waals surface area contributed by atoms with Crippen molar-refractivity contribution in [2.75, 3.05) is 31.4 Å². The number of amides is 1. The number of nitrogens with zero attached hydrogens (tertiary/aromatic N) is 3. The highest BCUT2D eigenvalue weighted by atomic mass is 32.2. The van der Waals surface area contributed by atoms with Crippen LogP contribution in [0.3, 0.4) is 0 Å². The van der Waals surface area contributed by atoms with Crippen LogP contribution in [0.5, 0.6) is 17.2 Å². The molecule has 0 unspecified atom stereocenters. The lowest BCUT2D eigenvalue weighted by Gasteiger charge is -2.09. The van der Waals surface area contributed by atoms with Gasteiger partial charge in [0.2, 0.25) is 5.91 Å². The fraction of sp³-hybridized carbons (Fsp3) is 0.286. The molecule has 1 amide bonds. The Morgan fingerprint density at radius 1 is 1.17 bits per heavy atom. The molecule has 0 aliphatic carbocycles. The number of carbonyl (C=O) groups is 1. The van der Waals surface area contributed by atoms with Crippen molar-refractivity contribution in [1.29, 1.82) is 0 Å². The highest BCUT2D eigenvalue weighted by Gasteiger charge is 2.16.